The first kappa shape index (κ1) is 31.4. The van der Waals surface area contributed by atoms with Gasteiger partial charge in [-0.05, 0) is 73.3 Å². The minimum Gasteiger partial charge on any atom is -0.324 e. The molecule has 0 aliphatic heterocycles. The largest absolute Gasteiger partial charge is 0.324 e. The fourth-order valence-corrected chi connectivity index (χ4v) is 5.82. The summed E-state index contributed by atoms with van der Waals surface area (Å²) in [6.07, 6.45) is 13.3. The monoisotopic (exact) mass is 504 g/mol. The highest BCUT2D eigenvalue weighted by Gasteiger charge is 2.24. The van der Waals surface area contributed by atoms with Crippen LogP contribution in [0.3, 0.4) is 0 Å². The van der Waals surface area contributed by atoms with Crippen LogP contribution >= 0.6 is 0 Å². The van der Waals surface area contributed by atoms with Crippen LogP contribution in [0.1, 0.15) is 121 Å². The molecule has 0 aliphatic rings. The average Bonchev–Trinajstić information content (AvgIpc) is 2.82. The Morgan fingerprint density at radius 1 is 0.784 bits per heavy atom. The molecule has 0 aliphatic carbocycles. The van der Waals surface area contributed by atoms with Crippen LogP contribution in [0.15, 0.2) is 60.7 Å². The molecule has 3 unspecified atom stereocenters. The van der Waals surface area contributed by atoms with Crippen molar-refractivity contribution in [1.82, 2.24) is 0 Å². The Morgan fingerprint density at radius 3 is 1.89 bits per heavy atom. The molecule has 0 spiro atoms. The van der Waals surface area contributed by atoms with Gasteiger partial charge in [-0.25, -0.2) is 0 Å². The number of allylic oxidation sites excluding steroid dienone is 1. The lowest BCUT2D eigenvalue weighted by atomic mass is 9.75. The third-order valence-corrected chi connectivity index (χ3v) is 7.86. The van der Waals surface area contributed by atoms with E-state index in [2.05, 4.69) is 123 Å². The minimum absolute atomic E-state index is 0.328. The van der Waals surface area contributed by atoms with E-state index in [0.717, 1.165) is 17.4 Å². The molecule has 2 aromatic rings. The molecular formula is C36H58N+. The normalized spacial score (nSPS) is 15.2. The van der Waals surface area contributed by atoms with Crippen molar-refractivity contribution in [1.29, 1.82) is 0 Å². The van der Waals surface area contributed by atoms with Crippen molar-refractivity contribution >= 4 is 0 Å². The van der Waals surface area contributed by atoms with Gasteiger partial charge in [0.1, 0.15) is 6.54 Å². The molecular weight excluding hydrogens is 446 g/mol. The Hall–Kier alpha value is -1.86. The van der Waals surface area contributed by atoms with E-state index in [1.54, 1.807) is 0 Å². The van der Waals surface area contributed by atoms with E-state index in [-0.39, 0.29) is 0 Å². The van der Waals surface area contributed by atoms with E-state index in [9.17, 15) is 0 Å². The third-order valence-electron chi connectivity index (χ3n) is 7.86. The van der Waals surface area contributed by atoms with Gasteiger partial charge in [-0.2, -0.15) is 0 Å². The smallest absolute Gasteiger partial charge is 0.104 e. The molecule has 0 N–H and O–H groups in total. The first-order chi connectivity index (χ1) is 17.4. The SMILES string of the molecule is CCC/C=C/CC[N+](C)(C)Cc1ccc(C(CC(C)CC(CC)c2ccc(C)cc2)CC(C)(C)C)cc1. The highest BCUT2D eigenvalue weighted by atomic mass is 15.3. The number of unbranched alkanes of at least 4 members (excludes halogenated alkanes) is 1. The minimum atomic E-state index is 0.328. The summed E-state index contributed by atoms with van der Waals surface area (Å²) in [5.74, 6) is 1.98. The fourth-order valence-electron chi connectivity index (χ4n) is 5.82. The second kappa shape index (κ2) is 14.9. The van der Waals surface area contributed by atoms with Crippen LogP contribution in [0.25, 0.3) is 0 Å². The van der Waals surface area contributed by atoms with Gasteiger partial charge >= 0.3 is 0 Å². The highest BCUT2D eigenvalue weighted by Crippen LogP contribution is 2.38. The molecule has 2 aromatic carbocycles. The van der Waals surface area contributed by atoms with E-state index in [1.807, 2.05) is 0 Å². The maximum absolute atomic E-state index is 2.48. The summed E-state index contributed by atoms with van der Waals surface area (Å²) in [5.41, 5.74) is 6.18. The van der Waals surface area contributed by atoms with Crippen LogP contribution in [0.5, 0.6) is 0 Å². The van der Waals surface area contributed by atoms with Crippen LogP contribution in [0.2, 0.25) is 0 Å². The fraction of sp³-hybridized carbons (Fsp3) is 0.611. The number of nitrogens with zero attached hydrogens (tertiary/aromatic N) is 1. The van der Waals surface area contributed by atoms with Crippen LogP contribution in [-0.2, 0) is 6.54 Å². The third kappa shape index (κ3) is 12.0. The zero-order valence-electron chi connectivity index (χ0n) is 25.8. The van der Waals surface area contributed by atoms with Gasteiger partial charge in [0, 0.05) is 12.0 Å². The molecule has 2 rings (SSSR count). The standard InChI is InChI=1S/C36H58N/c1-10-12-13-14-15-24-37(8,9)28-31-18-22-34(23-19-31)35(27-36(5,6)7)26-30(4)25-32(11-2)33-20-16-29(3)17-21-33/h13-14,16-23,30,32,35H,10-12,15,24-28H2,1-9H3/q+1/b14-13+. The molecule has 0 radical (unpaired) electrons. The maximum atomic E-state index is 2.48. The van der Waals surface area contributed by atoms with Crippen molar-refractivity contribution in [3.8, 4) is 0 Å². The number of quaternary nitrogens is 1. The molecule has 0 fully saturated rings. The molecule has 0 bridgehead atoms. The molecule has 0 saturated heterocycles. The quantitative estimate of drug-likeness (QED) is 0.167. The van der Waals surface area contributed by atoms with Gasteiger partial charge in [0.25, 0.3) is 0 Å². The highest BCUT2D eigenvalue weighted by molar-refractivity contribution is 5.26. The van der Waals surface area contributed by atoms with Gasteiger partial charge in [-0.3, -0.25) is 0 Å². The number of hydrogen-bond acceptors (Lipinski definition) is 0. The molecule has 0 aromatic heterocycles. The van der Waals surface area contributed by atoms with E-state index in [4.69, 9.17) is 0 Å². The predicted octanol–water partition coefficient (Wildman–Crippen LogP) is 10.4. The van der Waals surface area contributed by atoms with Crippen molar-refractivity contribution in [2.75, 3.05) is 20.6 Å². The van der Waals surface area contributed by atoms with Crippen molar-refractivity contribution < 1.29 is 4.48 Å². The van der Waals surface area contributed by atoms with Gasteiger partial charge < -0.3 is 4.48 Å². The van der Waals surface area contributed by atoms with Crippen molar-refractivity contribution in [2.24, 2.45) is 11.3 Å². The summed E-state index contributed by atoms with van der Waals surface area (Å²) in [5, 5.41) is 0. The van der Waals surface area contributed by atoms with E-state index >= 15 is 0 Å². The molecule has 1 heteroatoms. The molecule has 0 amide bonds. The Labute approximate surface area is 231 Å². The number of benzene rings is 2. The van der Waals surface area contributed by atoms with Gasteiger partial charge in [0.2, 0.25) is 0 Å². The lowest BCUT2D eigenvalue weighted by Gasteiger charge is -2.31. The average molecular weight is 505 g/mol. The molecule has 3 atom stereocenters. The lowest BCUT2D eigenvalue weighted by molar-refractivity contribution is -0.903. The van der Waals surface area contributed by atoms with Crippen LogP contribution < -0.4 is 0 Å². The Bertz CT molecular complexity index is 911. The van der Waals surface area contributed by atoms with Crippen LogP contribution in [0, 0.1) is 18.3 Å². The van der Waals surface area contributed by atoms with Crippen molar-refractivity contribution in [3.05, 3.63) is 82.9 Å². The van der Waals surface area contributed by atoms with Gasteiger partial charge in [-0.15, -0.1) is 0 Å². The Balaban J connectivity index is 2.06. The summed E-state index contributed by atoms with van der Waals surface area (Å²) in [6.45, 7) is 18.7. The lowest BCUT2D eigenvalue weighted by Crippen LogP contribution is -2.39. The second-order valence-corrected chi connectivity index (χ2v) is 13.7. The number of hydrogen-bond donors (Lipinski definition) is 0. The first-order valence-corrected chi connectivity index (χ1v) is 15.0. The van der Waals surface area contributed by atoms with Gasteiger partial charge in [0.05, 0.1) is 20.6 Å². The summed E-state index contributed by atoms with van der Waals surface area (Å²) in [7, 11) is 4.73. The van der Waals surface area contributed by atoms with Crippen molar-refractivity contribution in [2.45, 2.75) is 112 Å². The maximum Gasteiger partial charge on any atom is 0.104 e. The predicted molar refractivity (Wildman–Crippen MR) is 165 cm³/mol. The molecule has 1 nitrogen and oxygen atoms in total. The van der Waals surface area contributed by atoms with Crippen LogP contribution in [0.4, 0.5) is 0 Å². The summed E-state index contributed by atoms with van der Waals surface area (Å²) in [4.78, 5) is 0. The first-order valence-electron chi connectivity index (χ1n) is 15.0. The second-order valence-electron chi connectivity index (χ2n) is 13.7. The summed E-state index contributed by atoms with van der Waals surface area (Å²) in [6, 6.07) is 18.9. The molecule has 0 saturated carbocycles. The Kier molecular flexibility index (Phi) is 12.6. The van der Waals surface area contributed by atoms with E-state index < -0.39 is 0 Å². The van der Waals surface area contributed by atoms with Crippen LogP contribution in [-0.4, -0.2) is 25.1 Å². The zero-order valence-corrected chi connectivity index (χ0v) is 25.8. The molecule has 37 heavy (non-hydrogen) atoms. The zero-order chi connectivity index (χ0) is 27.5. The number of rotatable bonds is 15. The Morgan fingerprint density at radius 2 is 1.32 bits per heavy atom. The van der Waals surface area contributed by atoms with Crippen molar-refractivity contribution in [3.63, 3.8) is 0 Å². The van der Waals surface area contributed by atoms with Gasteiger partial charge in [0.15, 0.2) is 0 Å². The molecule has 206 valence electrons. The van der Waals surface area contributed by atoms with E-state index in [0.29, 0.717) is 23.2 Å². The summed E-state index contributed by atoms with van der Waals surface area (Å²) >= 11 is 0. The molecule has 0 heterocycles. The summed E-state index contributed by atoms with van der Waals surface area (Å²) < 4.78 is 1.04. The van der Waals surface area contributed by atoms with Gasteiger partial charge in [-0.1, -0.05) is 114 Å². The number of aryl methyl sites for hydroxylation is 1. The topological polar surface area (TPSA) is 0 Å². The van der Waals surface area contributed by atoms with E-state index in [1.165, 1.54) is 67.3 Å².